The molecular weight excluding hydrogens is 210 g/mol. The molecule has 84 valence electrons. The zero-order valence-corrected chi connectivity index (χ0v) is 9.65. The molecule has 1 heterocycles. The zero-order chi connectivity index (χ0) is 10.7. The summed E-state index contributed by atoms with van der Waals surface area (Å²) in [5.41, 5.74) is 0. The Balaban J connectivity index is 1.82. The van der Waals surface area contributed by atoms with Crippen LogP contribution in [0.5, 0.6) is 0 Å². The van der Waals surface area contributed by atoms with Crippen LogP contribution in [0.4, 0.5) is 0 Å². The van der Waals surface area contributed by atoms with E-state index in [4.69, 9.17) is 0 Å². The Kier molecular flexibility index (Phi) is 3.67. The fourth-order valence-corrected chi connectivity index (χ4v) is 3.21. The van der Waals surface area contributed by atoms with Crippen LogP contribution in [0, 0.1) is 5.92 Å². The van der Waals surface area contributed by atoms with Gasteiger partial charge in [0.25, 0.3) is 0 Å². The van der Waals surface area contributed by atoms with Gasteiger partial charge in [-0.25, -0.2) is 0 Å². The van der Waals surface area contributed by atoms with Crippen LogP contribution >= 0.6 is 11.8 Å². The van der Waals surface area contributed by atoms with Gasteiger partial charge in [0.1, 0.15) is 0 Å². The first-order chi connectivity index (χ1) is 7.27. The number of thioether (sulfide) groups is 1. The summed E-state index contributed by atoms with van der Waals surface area (Å²) < 4.78 is 0. The molecule has 2 rings (SSSR count). The molecular formula is C11H17NO2S. The van der Waals surface area contributed by atoms with Crippen molar-refractivity contribution in [1.29, 1.82) is 0 Å². The van der Waals surface area contributed by atoms with Crippen molar-refractivity contribution >= 4 is 22.8 Å². The second-order valence-electron chi connectivity index (χ2n) is 4.35. The minimum Gasteiger partial charge on any atom is -0.345 e. The summed E-state index contributed by atoms with van der Waals surface area (Å²) in [5, 5.41) is 3.03. The first-order valence-corrected chi connectivity index (χ1v) is 6.73. The maximum atomic E-state index is 11.8. The monoisotopic (exact) mass is 227 g/mol. The SMILES string of the molecule is O=C(N[C@H]1CCSC1=O)C1CCCCC1. The highest BCUT2D eigenvalue weighted by atomic mass is 32.2. The van der Waals surface area contributed by atoms with Crippen molar-refractivity contribution in [3.63, 3.8) is 0 Å². The van der Waals surface area contributed by atoms with Gasteiger partial charge in [0.05, 0.1) is 6.04 Å². The Hall–Kier alpha value is -0.510. The van der Waals surface area contributed by atoms with Crippen molar-refractivity contribution in [2.75, 3.05) is 5.75 Å². The largest absolute Gasteiger partial charge is 0.345 e. The molecule has 0 unspecified atom stereocenters. The van der Waals surface area contributed by atoms with Crippen LogP contribution in [0.15, 0.2) is 0 Å². The molecule has 2 aliphatic rings. The van der Waals surface area contributed by atoms with Crippen molar-refractivity contribution in [3.05, 3.63) is 0 Å². The van der Waals surface area contributed by atoms with E-state index in [1.54, 1.807) is 0 Å². The summed E-state index contributed by atoms with van der Waals surface area (Å²) >= 11 is 1.34. The van der Waals surface area contributed by atoms with Gasteiger partial charge in [-0.05, 0) is 19.3 Å². The Bertz CT molecular complexity index is 261. The zero-order valence-electron chi connectivity index (χ0n) is 8.83. The van der Waals surface area contributed by atoms with Gasteiger partial charge in [-0.1, -0.05) is 31.0 Å². The second kappa shape index (κ2) is 5.01. The average molecular weight is 227 g/mol. The smallest absolute Gasteiger partial charge is 0.223 e. The number of hydrogen-bond donors (Lipinski definition) is 1. The predicted molar refractivity (Wildman–Crippen MR) is 60.6 cm³/mol. The van der Waals surface area contributed by atoms with Gasteiger partial charge < -0.3 is 5.32 Å². The van der Waals surface area contributed by atoms with E-state index < -0.39 is 0 Å². The second-order valence-corrected chi connectivity index (χ2v) is 5.45. The average Bonchev–Trinajstić information content (AvgIpc) is 2.66. The Morgan fingerprint density at radius 3 is 2.53 bits per heavy atom. The van der Waals surface area contributed by atoms with Crippen LogP contribution in [0.25, 0.3) is 0 Å². The standard InChI is InChI=1S/C11H17NO2S/c13-10(8-4-2-1-3-5-8)12-9-6-7-15-11(9)14/h8-9H,1-7H2,(H,12,13)/t9-/m0/s1. The van der Waals surface area contributed by atoms with E-state index in [-0.39, 0.29) is 23.0 Å². The molecule has 0 aromatic rings. The van der Waals surface area contributed by atoms with Crippen LogP contribution in [-0.2, 0) is 9.59 Å². The van der Waals surface area contributed by atoms with E-state index >= 15 is 0 Å². The normalized spacial score (nSPS) is 28.0. The number of rotatable bonds is 2. The summed E-state index contributed by atoms with van der Waals surface area (Å²) in [6.45, 7) is 0. The molecule has 4 heteroatoms. The topological polar surface area (TPSA) is 46.2 Å². The van der Waals surface area contributed by atoms with E-state index in [9.17, 15) is 9.59 Å². The summed E-state index contributed by atoms with van der Waals surface area (Å²) in [6.07, 6.45) is 6.38. The van der Waals surface area contributed by atoms with E-state index in [1.807, 2.05) is 0 Å². The van der Waals surface area contributed by atoms with Crippen LogP contribution in [0.3, 0.4) is 0 Å². The van der Waals surface area contributed by atoms with Crippen LogP contribution < -0.4 is 5.32 Å². The van der Waals surface area contributed by atoms with Crippen LogP contribution in [-0.4, -0.2) is 22.8 Å². The molecule has 0 radical (unpaired) electrons. The number of nitrogens with one attached hydrogen (secondary N) is 1. The number of hydrogen-bond acceptors (Lipinski definition) is 3. The quantitative estimate of drug-likeness (QED) is 0.781. The third-order valence-electron chi connectivity index (χ3n) is 3.23. The molecule has 0 bridgehead atoms. The van der Waals surface area contributed by atoms with Gasteiger partial charge in [0.15, 0.2) is 0 Å². The lowest BCUT2D eigenvalue weighted by molar-refractivity contribution is -0.128. The lowest BCUT2D eigenvalue weighted by atomic mass is 9.88. The first kappa shape index (κ1) is 11.0. The van der Waals surface area contributed by atoms with Crippen molar-refractivity contribution in [2.45, 2.75) is 44.6 Å². The highest BCUT2D eigenvalue weighted by Gasteiger charge is 2.29. The van der Waals surface area contributed by atoms with Crippen molar-refractivity contribution < 1.29 is 9.59 Å². The van der Waals surface area contributed by atoms with Gasteiger partial charge in [-0.3, -0.25) is 9.59 Å². The molecule has 1 amide bonds. The van der Waals surface area contributed by atoms with E-state index in [2.05, 4.69) is 5.32 Å². The molecule has 1 atom stereocenters. The van der Waals surface area contributed by atoms with Gasteiger partial charge in [-0.15, -0.1) is 0 Å². The molecule has 1 saturated heterocycles. The van der Waals surface area contributed by atoms with E-state index in [1.165, 1.54) is 18.2 Å². The van der Waals surface area contributed by atoms with Gasteiger partial charge in [0, 0.05) is 11.7 Å². The molecule has 2 fully saturated rings. The number of amides is 1. The molecule has 1 aliphatic heterocycles. The Morgan fingerprint density at radius 1 is 1.20 bits per heavy atom. The van der Waals surface area contributed by atoms with Gasteiger partial charge in [0.2, 0.25) is 11.0 Å². The fraction of sp³-hybridized carbons (Fsp3) is 0.818. The van der Waals surface area contributed by atoms with Gasteiger partial charge in [-0.2, -0.15) is 0 Å². The predicted octanol–water partition coefficient (Wildman–Crippen LogP) is 1.71. The Morgan fingerprint density at radius 2 is 1.93 bits per heavy atom. The first-order valence-electron chi connectivity index (χ1n) is 5.74. The van der Waals surface area contributed by atoms with Crippen molar-refractivity contribution in [3.8, 4) is 0 Å². The molecule has 1 N–H and O–H groups in total. The summed E-state index contributed by atoms with van der Waals surface area (Å²) in [6, 6.07) is -0.204. The molecule has 0 aromatic carbocycles. The summed E-state index contributed by atoms with van der Waals surface area (Å²) in [4.78, 5) is 23.2. The minimum atomic E-state index is -0.204. The highest BCUT2D eigenvalue weighted by molar-refractivity contribution is 8.14. The molecule has 1 saturated carbocycles. The van der Waals surface area contributed by atoms with Crippen molar-refractivity contribution in [1.82, 2.24) is 5.32 Å². The maximum absolute atomic E-state index is 11.8. The van der Waals surface area contributed by atoms with Crippen molar-refractivity contribution in [2.24, 2.45) is 5.92 Å². The summed E-state index contributed by atoms with van der Waals surface area (Å²) in [5.74, 6) is 1.13. The summed E-state index contributed by atoms with van der Waals surface area (Å²) in [7, 11) is 0. The lowest BCUT2D eigenvalue weighted by Crippen LogP contribution is -2.41. The molecule has 0 aromatic heterocycles. The molecule has 1 aliphatic carbocycles. The molecule has 0 spiro atoms. The third kappa shape index (κ3) is 2.74. The van der Waals surface area contributed by atoms with E-state index in [0.717, 1.165) is 37.9 Å². The number of carbonyl (C=O) groups is 2. The van der Waals surface area contributed by atoms with Crippen LogP contribution in [0.1, 0.15) is 38.5 Å². The number of carbonyl (C=O) groups excluding carboxylic acids is 2. The lowest BCUT2D eigenvalue weighted by Gasteiger charge is -2.22. The Labute approximate surface area is 94.4 Å². The van der Waals surface area contributed by atoms with Gasteiger partial charge >= 0.3 is 0 Å². The third-order valence-corrected chi connectivity index (χ3v) is 4.24. The van der Waals surface area contributed by atoms with E-state index in [0.29, 0.717) is 0 Å². The fourth-order valence-electron chi connectivity index (χ4n) is 2.28. The highest BCUT2D eigenvalue weighted by Crippen LogP contribution is 2.25. The minimum absolute atomic E-state index is 0.107. The molecule has 15 heavy (non-hydrogen) atoms. The molecule has 3 nitrogen and oxygen atoms in total. The maximum Gasteiger partial charge on any atom is 0.223 e. The van der Waals surface area contributed by atoms with Crippen LogP contribution in [0.2, 0.25) is 0 Å².